The highest BCUT2D eigenvalue weighted by atomic mass is 16.5. The number of fused-ring (bicyclic) bond motifs is 1. The Morgan fingerprint density at radius 3 is 2.47 bits per heavy atom. The topological polar surface area (TPSA) is 21.3 Å². The summed E-state index contributed by atoms with van der Waals surface area (Å²) < 4.78 is 5.73. The zero-order valence-electron chi connectivity index (χ0n) is 12.5. The number of hydrogen-bond donors (Lipinski definition) is 1. The Bertz CT molecular complexity index is 464. The van der Waals surface area contributed by atoms with Crippen LogP contribution < -0.4 is 10.1 Å². The minimum atomic E-state index is 0.476. The van der Waals surface area contributed by atoms with Crippen LogP contribution in [-0.4, -0.2) is 19.7 Å². The van der Waals surface area contributed by atoms with Crippen molar-refractivity contribution in [3.63, 3.8) is 0 Å². The first-order valence-corrected chi connectivity index (χ1v) is 7.37. The first-order chi connectivity index (χ1) is 8.94. The predicted octanol–water partition coefficient (Wildman–Crippen LogP) is 3.43. The van der Waals surface area contributed by atoms with Gasteiger partial charge in [-0.15, -0.1) is 0 Å². The highest BCUT2D eigenvalue weighted by Crippen LogP contribution is 2.67. The van der Waals surface area contributed by atoms with E-state index in [1.54, 1.807) is 0 Å². The summed E-state index contributed by atoms with van der Waals surface area (Å²) in [6, 6.07) is 8.42. The maximum Gasteiger partial charge on any atom is 0.122 e. The fourth-order valence-electron chi connectivity index (χ4n) is 3.64. The van der Waals surface area contributed by atoms with Crippen molar-refractivity contribution in [3.05, 3.63) is 29.8 Å². The summed E-state index contributed by atoms with van der Waals surface area (Å²) in [6.45, 7) is 12.5. The Morgan fingerprint density at radius 1 is 1.11 bits per heavy atom. The third-order valence-electron chi connectivity index (χ3n) is 5.86. The van der Waals surface area contributed by atoms with Crippen LogP contribution in [0.3, 0.4) is 0 Å². The molecular weight excluding hydrogens is 234 g/mol. The van der Waals surface area contributed by atoms with Crippen molar-refractivity contribution in [2.45, 2.75) is 33.6 Å². The molecule has 2 heteroatoms. The zero-order valence-corrected chi connectivity index (χ0v) is 12.5. The molecule has 1 heterocycles. The molecule has 104 valence electrons. The molecule has 1 saturated carbocycles. The van der Waals surface area contributed by atoms with E-state index in [1.165, 1.54) is 5.56 Å². The van der Waals surface area contributed by atoms with Crippen molar-refractivity contribution in [3.8, 4) is 5.75 Å². The number of hydrogen-bond acceptors (Lipinski definition) is 2. The number of para-hydroxylation sites is 1. The Morgan fingerprint density at radius 2 is 1.79 bits per heavy atom. The van der Waals surface area contributed by atoms with Crippen LogP contribution in [0.1, 0.15) is 39.2 Å². The van der Waals surface area contributed by atoms with Crippen LogP contribution in [0.15, 0.2) is 24.3 Å². The van der Waals surface area contributed by atoms with Gasteiger partial charge < -0.3 is 10.1 Å². The van der Waals surface area contributed by atoms with Gasteiger partial charge in [0.1, 0.15) is 5.75 Å². The van der Waals surface area contributed by atoms with E-state index in [0.717, 1.165) is 31.4 Å². The van der Waals surface area contributed by atoms with Gasteiger partial charge in [-0.05, 0) is 29.4 Å². The number of ether oxygens (including phenoxy) is 1. The summed E-state index contributed by atoms with van der Waals surface area (Å²) in [5, 5.41) is 3.66. The lowest BCUT2D eigenvalue weighted by atomic mass is 10.0. The fraction of sp³-hybridized carbons (Fsp3) is 0.647. The van der Waals surface area contributed by atoms with Gasteiger partial charge in [-0.1, -0.05) is 45.9 Å². The molecule has 0 amide bonds. The van der Waals surface area contributed by atoms with Crippen molar-refractivity contribution in [2.24, 2.45) is 16.7 Å². The second kappa shape index (κ2) is 4.24. The predicted molar refractivity (Wildman–Crippen MR) is 78.6 cm³/mol. The summed E-state index contributed by atoms with van der Waals surface area (Å²) in [5.74, 6) is 2.38. The van der Waals surface area contributed by atoms with E-state index in [4.69, 9.17) is 4.74 Å². The maximum atomic E-state index is 5.73. The Labute approximate surface area is 116 Å². The molecule has 1 aliphatic carbocycles. The highest BCUT2D eigenvalue weighted by molar-refractivity contribution is 5.39. The Kier molecular flexibility index (Phi) is 2.90. The van der Waals surface area contributed by atoms with Gasteiger partial charge >= 0.3 is 0 Å². The molecule has 2 aliphatic rings. The summed E-state index contributed by atoms with van der Waals surface area (Å²) >= 11 is 0. The maximum absolute atomic E-state index is 5.73. The van der Waals surface area contributed by atoms with E-state index in [9.17, 15) is 0 Å². The Hall–Kier alpha value is -1.02. The first kappa shape index (κ1) is 13.0. The van der Waals surface area contributed by atoms with Gasteiger partial charge in [0.2, 0.25) is 0 Å². The molecule has 1 unspecified atom stereocenters. The van der Waals surface area contributed by atoms with Crippen LogP contribution in [0.4, 0.5) is 0 Å². The lowest BCUT2D eigenvalue weighted by Gasteiger charge is -2.11. The molecule has 0 spiro atoms. The molecule has 1 fully saturated rings. The van der Waals surface area contributed by atoms with Crippen LogP contribution in [0.5, 0.6) is 5.75 Å². The van der Waals surface area contributed by atoms with Crippen LogP contribution >= 0.6 is 0 Å². The summed E-state index contributed by atoms with van der Waals surface area (Å²) in [7, 11) is 0. The van der Waals surface area contributed by atoms with E-state index >= 15 is 0 Å². The molecule has 0 radical (unpaired) electrons. The molecular formula is C17H25NO. The number of rotatable bonds is 4. The van der Waals surface area contributed by atoms with Gasteiger partial charge in [0, 0.05) is 18.0 Å². The monoisotopic (exact) mass is 259 g/mol. The van der Waals surface area contributed by atoms with E-state index in [-0.39, 0.29) is 0 Å². The van der Waals surface area contributed by atoms with Gasteiger partial charge in [-0.25, -0.2) is 0 Å². The number of nitrogens with one attached hydrogen (secondary N) is 1. The standard InChI is InChI=1S/C17H25NO/c1-16(2)15(17(16,3)4)10-18-9-12-11-19-14-8-6-5-7-13(12)14/h5-8,12,15,18H,9-11H2,1-4H3. The van der Waals surface area contributed by atoms with Gasteiger partial charge in [-0.3, -0.25) is 0 Å². The summed E-state index contributed by atoms with van der Waals surface area (Å²) in [4.78, 5) is 0. The molecule has 3 rings (SSSR count). The van der Waals surface area contributed by atoms with E-state index in [0.29, 0.717) is 16.7 Å². The molecule has 19 heavy (non-hydrogen) atoms. The molecule has 1 N–H and O–H groups in total. The van der Waals surface area contributed by atoms with Gasteiger partial charge in [0.05, 0.1) is 6.61 Å². The zero-order chi connectivity index (χ0) is 13.7. The van der Waals surface area contributed by atoms with Gasteiger partial charge in [0.25, 0.3) is 0 Å². The normalized spacial score (nSPS) is 26.8. The SMILES string of the molecule is CC1(C)C(CNCC2COc3ccccc32)C1(C)C. The summed E-state index contributed by atoms with van der Waals surface area (Å²) in [5.41, 5.74) is 2.32. The molecule has 2 nitrogen and oxygen atoms in total. The fourth-order valence-corrected chi connectivity index (χ4v) is 3.64. The molecule has 1 atom stereocenters. The minimum Gasteiger partial charge on any atom is -0.493 e. The third-order valence-corrected chi connectivity index (χ3v) is 5.86. The Balaban J connectivity index is 1.53. The first-order valence-electron chi connectivity index (χ1n) is 7.37. The molecule has 1 aromatic rings. The van der Waals surface area contributed by atoms with E-state index < -0.39 is 0 Å². The van der Waals surface area contributed by atoms with Crippen LogP contribution in [0, 0.1) is 16.7 Å². The smallest absolute Gasteiger partial charge is 0.122 e. The average Bonchev–Trinajstić information content (AvgIpc) is 2.68. The highest BCUT2D eigenvalue weighted by Gasteiger charge is 2.63. The van der Waals surface area contributed by atoms with E-state index in [1.807, 2.05) is 6.07 Å². The molecule has 1 aliphatic heterocycles. The minimum absolute atomic E-state index is 0.476. The quantitative estimate of drug-likeness (QED) is 0.894. The lowest BCUT2D eigenvalue weighted by Crippen LogP contribution is -2.25. The summed E-state index contributed by atoms with van der Waals surface area (Å²) in [6.07, 6.45) is 0. The molecule has 0 saturated heterocycles. The molecule has 1 aromatic carbocycles. The second-order valence-electron chi connectivity index (χ2n) is 7.20. The van der Waals surface area contributed by atoms with Crippen LogP contribution in [-0.2, 0) is 0 Å². The van der Waals surface area contributed by atoms with E-state index in [2.05, 4.69) is 51.2 Å². The van der Waals surface area contributed by atoms with Crippen molar-refractivity contribution in [2.75, 3.05) is 19.7 Å². The van der Waals surface area contributed by atoms with Gasteiger partial charge in [-0.2, -0.15) is 0 Å². The molecule has 0 bridgehead atoms. The lowest BCUT2D eigenvalue weighted by molar-refractivity contribution is 0.325. The van der Waals surface area contributed by atoms with Crippen molar-refractivity contribution < 1.29 is 4.74 Å². The van der Waals surface area contributed by atoms with Crippen molar-refractivity contribution >= 4 is 0 Å². The largest absolute Gasteiger partial charge is 0.493 e. The van der Waals surface area contributed by atoms with Gasteiger partial charge in [0.15, 0.2) is 0 Å². The van der Waals surface area contributed by atoms with Crippen molar-refractivity contribution in [1.29, 1.82) is 0 Å². The second-order valence-corrected chi connectivity index (χ2v) is 7.20. The van der Waals surface area contributed by atoms with Crippen LogP contribution in [0.25, 0.3) is 0 Å². The van der Waals surface area contributed by atoms with Crippen molar-refractivity contribution in [1.82, 2.24) is 5.32 Å². The third kappa shape index (κ3) is 1.97. The van der Waals surface area contributed by atoms with Crippen LogP contribution in [0.2, 0.25) is 0 Å². The average molecular weight is 259 g/mol. The number of benzene rings is 1. The molecule has 0 aromatic heterocycles.